The predicted octanol–water partition coefficient (Wildman–Crippen LogP) is 3.07. The minimum absolute atomic E-state index is 0.0404. The fraction of sp³-hybridized carbons (Fsp3) is 0.222. The van der Waals surface area contributed by atoms with Gasteiger partial charge in [0.05, 0.1) is 17.1 Å². The zero-order valence-corrected chi connectivity index (χ0v) is 8.61. The Morgan fingerprint density at radius 1 is 1.38 bits per heavy atom. The van der Waals surface area contributed by atoms with Crippen molar-refractivity contribution < 1.29 is 17.6 Å². The topological polar surface area (TPSA) is 38.4 Å². The van der Waals surface area contributed by atoms with Crippen LogP contribution in [-0.2, 0) is 6.18 Å². The Morgan fingerprint density at radius 3 is 2.50 bits per heavy atom. The Balaban J connectivity index is 3.18. The van der Waals surface area contributed by atoms with Crippen LogP contribution in [0.15, 0.2) is 23.2 Å². The van der Waals surface area contributed by atoms with Gasteiger partial charge >= 0.3 is 6.18 Å². The lowest BCUT2D eigenvalue weighted by Gasteiger charge is -2.08. The third-order valence-electron chi connectivity index (χ3n) is 1.66. The molecule has 7 heteroatoms. The monoisotopic (exact) mass is 254 g/mol. The average molecular weight is 255 g/mol. The molecule has 2 nitrogen and oxygen atoms in total. The maximum atomic E-state index is 12.9. The fourth-order valence-corrected chi connectivity index (χ4v) is 1.06. The van der Waals surface area contributed by atoms with E-state index in [1.807, 2.05) is 0 Å². The van der Waals surface area contributed by atoms with Gasteiger partial charge in [0.15, 0.2) is 0 Å². The molecule has 0 bridgehead atoms. The highest BCUT2D eigenvalue weighted by atomic mass is 35.5. The molecule has 0 fully saturated rings. The van der Waals surface area contributed by atoms with E-state index in [0.717, 1.165) is 6.07 Å². The first-order valence-electron chi connectivity index (χ1n) is 4.10. The molecule has 16 heavy (non-hydrogen) atoms. The molecule has 0 saturated carbocycles. The summed E-state index contributed by atoms with van der Waals surface area (Å²) in [5.74, 6) is -1.50. The van der Waals surface area contributed by atoms with Crippen molar-refractivity contribution in [1.82, 2.24) is 0 Å². The molecule has 88 valence electrons. The van der Waals surface area contributed by atoms with Gasteiger partial charge in [0.2, 0.25) is 0 Å². The van der Waals surface area contributed by atoms with E-state index >= 15 is 0 Å². The number of nitrogens with two attached hydrogens (primary N) is 1. The molecule has 1 rings (SSSR count). The van der Waals surface area contributed by atoms with Crippen LogP contribution in [0.4, 0.5) is 23.2 Å². The molecular weight excluding hydrogens is 248 g/mol. The highest BCUT2D eigenvalue weighted by Crippen LogP contribution is 2.33. The van der Waals surface area contributed by atoms with Crippen molar-refractivity contribution >= 4 is 23.1 Å². The first kappa shape index (κ1) is 12.8. The Hall–Kier alpha value is -1.30. The van der Waals surface area contributed by atoms with Gasteiger partial charge in [-0.3, -0.25) is 0 Å². The van der Waals surface area contributed by atoms with Gasteiger partial charge in [-0.2, -0.15) is 13.2 Å². The van der Waals surface area contributed by atoms with E-state index in [1.165, 1.54) is 0 Å². The van der Waals surface area contributed by atoms with Crippen molar-refractivity contribution in [3.05, 3.63) is 29.6 Å². The normalized spacial score (nSPS) is 12.9. The summed E-state index contributed by atoms with van der Waals surface area (Å²) in [7, 11) is 0. The molecule has 0 radical (unpaired) electrons. The largest absolute Gasteiger partial charge is 0.419 e. The van der Waals surface area contributed by atoms with E-state index < -0.39 is 17.6 Å². The number of benzene rings is 1. The van der Waals surface area contributed by atoms with Gasteiger partial charge in [-0.1, -0.05) is 0 Å². The Labute approximate surface area is 93.7 Å². The van der Waals surface area contributed by atoms with Crippen LogP contribution < -0.4 is 5.73 Å². The molecule has 0 unspecified atom stereocenters. The van der Waals surface area contributed by atoms with Gasteiger partial charge in [-0.05, 0) is 18.2 Å². The van der Waals surface area contributed by atoms with Crippen molar-refractivity contribution in [3.8, 4) is 0 Å². The van der Waals surface area contributed by atoms with Gasteiger partial charge in [-0.25, -0.2) is 9.38 Å². The molecule has 0 saturated heterocycles. The van der Waals surface area contributed by atoms with E-state index in [-0.39, 0.29) is 17.4 Å². The Morgan fingerprint density at radius 2 is 2.00 bits per heavy atom. The summed E-state index contributed by atoms with van der Waals surface area (Å²) in [5, 5.41) is 0. The number of hydrogen-bond acceptors (Lipinski definition) is 1. The maximum Gasteiger partial charge on any atom is 0.419 e. The second-order valence-electron chi connectivity index (χ2n) is 2.90. The molecule has 0 amide bonds. The second kappa shape index (κ2) is 4.69. The first-order valence-corrected chi connectivity index (χ1v) is 4.64. The summed E-state index contributed by atoms with van der Waals surface area (Å²) in [4.78, 5) is 3.59. The molecule has 0 aromatic heterocycles. The first-order chi connectivity index (χ1) is 7.34. The summed E-state index contributed by atoms with van der Waals surface area (Å²) in [6.07, 6.45) is -4.76. The van der Waals surface area contributed by atoms with Crippen LogP contribution in [0.1, 0.15) is 5.56 Å². The SMILES string of the molecule is NC(CCl)=Nc1ccc(F)c(C(F)(F)F)c1. The quantitative estimate of drug-likeness (QED) is 0.375. The summed E-state index contributed by atoms with van der Waals surface area (Å²) in [5.41, 5.74) is 3.78. The molecular formula is C9H7ClF4N2. The lowest BCUT2D eigenvalue weighted by atomic mass is 10.2. The number of halogens is 5. The predicted molar refractivity (Wildman–Crippen MR) is 53.4 cm³/mol. The summed E-state index contributed by atoms with van der Waals surface area (Å²) < 4.78 is 49.8. The molecule has 0 aliphatic rings. The third-order valence-corrected chi connectivity index (χ3v) is 1.94. The van der Waals surface area contributed by atoms with E-state index in [9.17, 15) is 17.6 Å². The van der Waals surface area contributed by atoms with E-state index in [1.54, 1.807) is 0 Å². The number of rotatable bonds is 2. The lowest BCUT2D eigenvalue weighted by Crippen LogP contribution is -2.12. The Kier molecular flexibility index (Phi) is 3.74. The molecule has 0 heterocycles. The minimum atomic E-state index is -4.76. The summed E-state index contributed by atoms with van der Waals surface area (Å²) in [6.45, 7) is 0. The van der Waals surface area contributed by atoms with Crippen LogP contribution in [0.25, 0.3) is 0 Å². The van der Waals surface area contributed by atoms with E-state index in [2.05, 4.69) is 4.99 Å². The fourth-order valence-electron chi connectivity index (χ4n) is 0.996. The maximum absolute atomic E-state index is 12.9. The van der Waals surface area contributed by atoms with Crippen molar-refractivity contribution in [2.24, 2.45) is 10.7 Å². The number of amidine groups is 1. The number of aliphatic imine (C=N–C) groups is 1. The second-order valence-corrected chi connectivity index (χ2v) is 3.17. The van der Waals surface area contributed by atoms with Crippen LogP contribution >= 0.6 is 11.6 Å². The molecule has 0 spiro atoms. The van der Waals surface area contributed by atoms with Crippen molar-refractivity contribution in [2.45, 2.75) is 6.18 Å². The van der Waals surface area contributed by atoms with Gasteiger partial charge in [0.25, 0.3) is 0 Å². The average Bonchev–Trinajstić information content (AvgIpc) is 2.19. The van der Waals surface area contributed by atoms with Gasteiger partial charge < -0.3 is 5.73 Å². The van der Waals surface area contributed by atoms with Gasteiger partial charge in [0.1, 0.15) is 11.7 Å². The van der Waals surface area contributed by atoms with E-state index in [0.29, 0.717) is 12.1 Å². The van der Waals surface area contributed by atoms with E-state index in [4.69, 9.17) is 17.3 Å². The third kappa shape index (κ3) is 3.10. The number of hydrogen-bond donors (Lipinski definition) is 1. The highest BCUT2D eigenvalue weighted by molar-refractivity contribution is 6.28. The van der Waals surface area contributed by atoms with Gasteiger partial charge in [0, 0.05) is 0 Å². The molecule has 1 aromatic rings. The van der Waals surface area contributed by atoms with Crippen LogP contribution in [0.3, 0.4) is 0 Å². The summed E-state index contributed by atoms with van der Waals surface area (Å²) in [6, 6.07) is 2.35. The van der Waals surface area contributed by atoms with Crippen molar-refractivity contribution in [1.29, 1.82) is 0 Å². The molecule has 1 aromatic carbocycles. The number of nitrogens with zero attached hydrogens (tertiary/aromatic N) is 1. The molecule has 0 aliphatic heterocycles. The van der Waals surface area contributed by atoms with Crippen LogP contribution in [0.2, 0.25) is 0 Å². The molecule has 0 atom stereocenters. The van der Waals surface area contributed by atoms with Gasteiger partial charge in [-0.15, -0.1) is 11.6 Å². The molecule has 0 aliphatic carbocycles. The van der Waals surface area contributed by atoms with Crippen LogP contribution in [-0.4, -0.2) is 11.7 Å². The summed E-state index contributed by atoms with van der Waals surface area (Å²) >= 11 is 5.31. The smallest absolute Gasteiger partial charge is 0.386 e. The number of alkyl halides is 4. The standard InChI is InChI=1S/C9H7ClF4N2/c10-4-8(15)16-5-1-2-7(11)6(3-5)9(12,13)14/h1-3H,4H2,(H2,15,16). The van der Waals surface area contributed by atoms with Crippen molar-refractivity contribution in [2.75, 3.05) is 5.88 Å². The Bertz CT molecular complexity index is 414. The van der Waals surface area contributed by atoms with Crippen LogP contribution in [0.5, 0.6) is 0 Å². The lowest BCUT2D eigenvalue weighted by molar-refractivity contribution is -0.139. The van der Waals surface area contributed by atoms with Crippen molar-refractivity contribution in [3.63, 3.8) is 0 Å². The minimum Gasteiger partial charge on any atom is -0.386 e. The zero-order valence-electron chi connectivity index (χ0n) is 7.85. The molecule has 2 N–H and O–H groups in total. The van der Waals surface area contributed by atoms with Crippen LogP contribution in [0, 0.1) is 5.82 Å². The highest BCUT2D eigenvalue weighted by Gasteiger charge is 2.34. The zero-order chi connectivity index (χ0) is 12.3.